The van der Waals surface area contributed by atoms with Crippen LogP contribution in [0.5, 0.6) is 0 Å². The highest BCUT2D eigenvalue weighted by atomic mass is 16.8. The molecule has 116 valence electrons. The normalized spacial score (nSPS) is 34.0. The first kappa shape index (κ1) is 14.9. The third kappa shape index (κ3) is 3.27. The average Bonchev–Trinajstić information content (AvgIpc) is 2.94. The Morgan fingerprint density at radius 2 is 1.81 bits per heavy atom. The molecule has 2 aliphatic rings. The van der Waals surface area contributed by atoms with Gasteiger partial charge in [-0.3, -0.25) is 0 Å². The molecule has 5 nitrogen and oxygen atoms in total. The van der Waals surface area contributed by atoms with Crippen LogP contribution in [0.4, 0.5) is 0 Å². The molecule has 0 amide bonds. The fraction of sp³-hybridized carbons (Fsp3) is 0.625. The third-order valence-electron chi connectivity index (χ3n) is 3.73. The second kappa shape index (κ2) is 6.02. The highest BCUT2D eigenvalue weighted by Gasteiger charge is 2.55. The van der Waals surface area contributed by atoms with Crippen LogP contribution in [-0.2, 0) is 30.3 Å². The maximum atomic E-state index is 5.91. The first-order valence-corrected chi connectivity index (χ1v) is 7.24. The first-order valence-electron chi connectivity index (χ1n) is 7.24. The average molecular weight is 294 g/mol. The Morgan fingerprint density at radius 3 is 2.52 bits per heavy atom. The molecule has 21 heavy (non-hydrogen) atoms. The van der Waals surface area contributed by atoms with E-state index in [9.17, 15) is 0 Å². The van der Waals surface area contributed by atoms with Crippen molar-refractivity contribution in [2.24, 2.45) is 0 Å². The summed E-state index contributed by atoms with van der Waals surface area (Å²) in [5, 5.41) is 0. The van der Waals surface area contributed by atoms with Crippen LogP contribution in [0.25, 0.3) is 0 Å². The molecule has 2 aliphatic heterocycles. The standard InChI is InChI=1S/C16H22O5/c1-16(2)20-13-12(19-15(17-3)14(13)21-16)10-18-9-11-7-5-4-6-8-11/h4-8,12-15H,9-10H2,1-3H3/t12-,13?,14?,15-/m1/s1. The molecule has 3 rings (SSSR count). The monoisotopic (exact) mass is 294 g/mol. The van der Waals surface area contributed by atoms with Crippen LogP contribution < -0.4 is 0 Å². The van der Waals surface area contributed by atoms with Crippen LogP contribution in [0, 0.1) is 0 Å². The second-order valence-electron chi connectivity index (χ2n) is 5.84. The van der Waals surface area contributed by atoms with Crippen molar-refractivity contribution < 1.29 is 23.7 Å². The highest BCUT2D eigenvalue weighted by molar-refractivity contribution is 5.13. The van der Waals surface area contributed by atoms with Crippen LogP contribution in [0.1, 0.15) is 19.4 Å². The third-order valence-corrected chi connectivity index (χ3v) is 3.73. The van der Waals surface area contributed by atoms with Crippen LogP contribution in [0.15, 0.2) is 30.3 Å². The van der Waals surface area contributed by atoms with E-state index in [1.54, 1.807) is 7.11 Å². The molecule has 0 saturated carbocycles. The number of methoxy groups -OCH3 is 1. The molecule has 4 atom stereocenters. The van der Waals surface area contributed by atoms with Crippen LogP contribution >= 0.6 is 0 Å². The molecule has 0 N–H and O–H groups in total. The van der Waals surface area contributed by atoms with Crippen molar-refractivity contribution in [3.63, 3.8) is 0 Å². The number of hydrogen-bond donors (Lipinski definition) is 0. The molecule has 0 spiro atoms. The molecule has 1 aromatic carbocycles. The van der Waals surface area contributed by atoms with Gasteiger partial charge in [0.1, 0.15) is 18.3 Å². The molecule has 2 heterocycles. The van der Waals surface area contributed by atoms with E-state index in [0.717, 1.165) is 5.56 Å². The van der Waals surface area contributed by atoms with E-state index in [2.05, 4.69) is 0 Å². The van der Waals surface area contributed by atoms with Gasteiger partial charge in [-0.15, -0.1) is 0 Å². The molecule has 5 heteroatoms. The van der Waals surface area contributed by atoms with Gasteiger partial charge in [-0.25, -0.2) is 0 Å². The van der Waals surface area contributed by atoms with Crippen molar-refractivity contribution in [1.82, 2.24) is 0 Å². The minimum Gasteiger partial charge on any atom is -0.374 e. The van der Waals surface area contributed by atoms with E-state index >= 15 is 0 Å². The lowest BCUT2D eigenvalue weighted by Crippen LogP contribution is -2.32. The summed E-state index contributed by atoms with van der Waals surface area (Å²) in [6.45, 7) is 4.81. The Hall–Kier alpha value is -0.980. The summed E-state index contributed by atoms with van der Waals surface area (Å²) in [4.78, 5) is 0. The molecule has 2 unspecified atom stereocenters. The van der Waals surface area contributed by atoms with E-state index in [1.807, 2.05) is 44.2 Å². The van der Waals surface area contributed by atoms with Crippen molar-refractivity contribution in [2.75, 3.05) is 13.7 Å². The Balaban J connectivity index is 1.56. The van der Waals surface area contributed by atoms with Gasteiger partial charge < -0.3 is 23.7 Å². The van der Waals surface area contributed by atoms with Crippen LogP contribution in [-0.4, -0.2) is 44.1 Å². The molecule has 0 radical (unpaired) electrons. The van der Waals surface area contributed by atoms with E-state index in [0.29, 0.717) is 13.2 Å². The van der Waals surface area contributed by atoms with Crippen molar-refractivity contribution in [2.45, 2.75) is 50.8 Å². The molecule has 0 aromatic heterocycles. The molecular weight excluding hydrogens is 272 g/mol. The van der Waals surface area contributed by atoms with Crippen molar-refractivity contribution in [3.05, 3.63) is 35.9 Å². The summed E-state index contributed by atoms with van der Waals surface area (Å²) >= 11 is 0. The molecule has 2 fully saturated rings. The number of hydrogen-bond acceptors (Lipinski definition) is 5. The highest BCUT2D eigenvalue weighted by Crippen LogP contribution is 2.38. The first-order chi connectivity index (χ1) is 10.1. The summed E-state index contributed by atoms with van der Waals surface area (Å²) in [5.74, 6) is -0.604. The number of benzene rings is 1. The fourth-order valence-corrected chi connectivity index (χ4v) is 2.83. The quantitative estimate of drug-likeness (QED) is 0.832. The summed E-state index contributed by atoms with van der Waals surface area (Å²) in [7, 11) is 1.61. The SMILES string of the molecule is CO[C@@H]1O[C@H](COCc2ccccc2)C2OC(C)(C)OC21. The van der Waals surface area contributed by atoms with Gasteiger partial charge in [0.25, 0.3) is 0 Å². The van der Waals surface area contributed by atoms with Gasteiger partial charge in [0.05, 0.1) is 13.2 Å². The van der Waals surface area contributed by atoms with Crippen molar-refractivity contribution >= 4 is 0 Å². The van der Waals surface area contributed by atoms with Gasteiger partial charge in [0.2, 0.25) is 0 Å². The van der Waals surface area contributed by atoms with Crippen molar-refractivity contribution in [1.29, 1.82) is 0 Å². The largest absolute Gasteiger partial charge is 0.374 e. The van der Waals surface area contributed by atoms with Crippen LogP contribution in [0.2, 0.25) is 0 Å². The number of ether oxygens (including phenoxy) is 5. The maximum Gasteiger partial charge on any atom is 0.186 e. The lowest BCUT2D eigenvalue weighted by molar-refractivity contribution is -0.232. The summed E-state index contributed by atoms with van der Waals surface area (Å²) in [5.41, 5.74) is 1.14. The Bertz CT molecular complexity index is 461. The molecular formula is C16H22O5. The van der Waals surface area contributed by atoms with E-state index in [4.69, 9.17) is 23.7 Å². The van der Waals surface area contributed by atoms with Gasteiger partial charge in [-0.05, 0) is 19.4 Å². The van der Waals surface area contributed by atoms with E-state index < -0.39 is 12.1 Å². The minimum atomic E-state index is -0.604. The lowest BCUT2D eigenvalue weighted by atomic mass is 10.1. The fourth-order valence-electron chi connectivity index (χ4n) is 2.83. The predicted molar refractivity (Wildman–Crippen MR) is 75.6 cm³/mol. The lowest BCUT2D eigenvalue weighted by Gasteiger charge is -2.23. The zero-order chi connectivity index (χ0) is 14.9. The zero-order valence-corrected chi connectivity index (χ0v) is 12.7. The Kier molecular flexibility index (Phi) is 4.28. The van der Waals surface area contributed by atoms with Gasteiger partial charge in [0.15, 0.2) is 12.1 Å². The molecule has 0 aliphatic carbocycles. The predicted octanol–water partition coefficient (Wildman–Crippen LogP) is 2.09. The Labute approximate surface area is 125 Å². The van der Waals surface area contributed by atoms with Gasteiger partial charge in [0, 0.05) is 7.11 Å². The van der Waals surface area contributed by atoms with Gasteiger partial charge in [-0.2, -0.15) is 0 Å². The van der Waals surface area contributed by atoms with Crippen molar-refractivity contribution in [3.8, 4) is 0 Å². The zero-order valence-electron chi connectivity index (χ0n) is 12.7. The summed E-state index contributed by atoms with van der Waals surface area (Å²) < 4.78 is 28.7. The van der Waals surface area contributed by atoms with E-state index in [1.165, 1.54) is 0 Å². The van der Waals surface area contributed by atoms with Crippen LogP contribution in [0.3, 0.4) is 0 Å². The van der Waals surface area contributed by atoms with Gasteiger partial charge >= 0.3 is 0 Å². The van der Waals surface area contributed by atoms with Gasteiger partial charge in [-0.1, -0.05) is 30.3 Å². The van der Waals surface area contributed by atoms with E-state index in [-0.39, 0.29) is 18.3 Å². The minimum absolute atomic E-state index is 0.152. The number of rotatable bonds is 5. The number of fused-ring (bicyclic) bond motifs is 1. The molecule has 1 aromatic rings. The second-order valence-corrected chi connectivity index (χ2v) is 5.84. The topological polar surface area (TPSA) is 46.2 Å². The smallest absolute Gasteiger partial charge is 0.186 e. The molecule has 0 bridgehead atoms. The summed E-state index contributed by atoms with van der Waals surface area (Å²) in [6.07, 6.45) is -0.927. The maximum absolute atomic E-state index is 5.91. The molecule has 2 saturated heterocycles. The summed E-state index contributed by atoms with van der Waals surface area (Å²) in [6, 6.07) is 10.1. The Morgan fingerprint density at radius 1 is 1.10 bits per heavy atom.